The van der Waals surface area contributed by atoms with E-state index >= 15 is 0 Å². The maximum absolute atomic E-state index is 11.9. The second kappa shape index (κ2) is 4.93. The van der Waals surface area contributed by atoms with E-state index in [1.165, 1.54) is 0 Å². The topological polar surface area (TPSA) is 60.9 Å². The highest BCUT2D eigenvalue weighted by Gasteiger charge is 2.08. The summed E-state index contributed by atoms with van der Waals surface area (Å²) in [5.41, 5.74) is 8.03. The fourth-order valence-corrected chi connectivity index (χ4v) is 1.65. The van der Waals surface area contributed by atoms with Crippen LogP contribution in [-0.2, 0) is 20.0 Å². The molecular formula is C13H15N3O. The Morgan fingerprint density at radius 2 is 2.00 bits per heavy atom. The normalized spacial score (nSPS) is 10.5. The fourth-order valence-electron chi connectivity index (χ4n) is 1.65. The van der Waals surface area contributed by atoms with Crippen molar-refractivity contribution in [3.8, 4) is 0 Å². The number of hydrogen-bond donors (Lipinski definition) is 1. The lowest BCUT2D eigenvalue weighted by molar-refractivity contribution is 0.0992. The summed E-state index contributed by atoms with van der Waals surface area (Å²) in [7, 11) is 1.84. The van der Waals surface area contributed by atoms with Crippen LogP contribution in [0.25, 0.3) is 0 Å². The molecule has 0 aliphatic carbocycles. The minimum absolute atomic E-state index is 0.0762. The number of nitrogens with two attached hydrogens (primary N) is 1. The number of Topliss-reactive ketones (excluding diaryl/α,β-unsaturated/α-hetero) is 1. The van der Waals surface area contributed by atoms with Gasteiger partial charge in [-0.25, -0.2) is 0 Å². The van der Waals surface area contributed by atoms with Crippen molar-refractivity contribution in [2.45, 2.75) is 13.0 Å². The van der Waals surface area contributed by atoms with Crippen molar-refractivity contribution in [1.29, 1.82) is 0 Å². The smallest absolute Gasteiger partial charge is 0.168 e. The quantitative estimate of drug-likeness (QED) is 0.804. The van der Waals surface area contributed by atoms with E-state index in [9.17, 15) is 4.79 Å². The van der Waals surface area contributed by atoms with Crippen molar-refractivity contribution in [3.05, 3.63) is 53.3 Å². The largest absolute Gasteiger partial charge is 0.326 e. The van der Waals surface area contributed by atoms with Gasteiger partial charge in [0.15, 0.2) is 5.78 Å². The van der Waals surface area contributed by atoms with Gasteiger partial charge < -0.3 is 5.73 Å². The van der Waals surface area contributed by atoms with Crippen molar-refractivity contribution in [2.75, 3.05) is 0 Å². The summed E-state index contributed by atoms with van der Waals surface area (Å²) in [5.74, 6) is 0.0762. The molecule has 88 valence electrons. The van der Waals surface area contributed by atoms with Gasteiger partial charge in [0.2, 0.25) is 0 Å². The third-order valence-corrected chi connectivity index (χ3v) is 2.62. The first-order chi connectivity index (χ1) is 8.19. The molecule has 0 amide bonds. The molecule has 0 atom stereocenters. The molecule has 1 heterocycles. The van der Waals surface area contributed by atoms with Crippen LogP contribution in [-0.4, -0.2) is 15.6 Å². The minimum atomic E-state index is 0.0762. The minimum Gasteiger partial charge on any atom is -0.326 e. The third kappa shape index (κ3) is 2.79. The molecule has 2 rings (SSSR count). The molecule has 0 spiro atoms. The lowest BCUT2D eigenvalue weighted by atomic mass is 10.0. The number of benzene rings is 1. The zero-order valence-corrected chi connectivity index (χ0v) is 9.76. The predicted octanol–water partition coefficient (Wildman–Crippen LogP) is 1.30. The fraction of sp³-hybridized carbons (Fsp3) is 0.231. The van der Waals surface area contributed by atoms with Gasteiger partial charge >= 0.3 is 0 Å². The molecule has 17 heavy (non-hydrogen) atoms. The lowest BCUT2D eigenvalue weighted by Gasteiger charge is -2.00. The molecule has 0 saturated heterocycles. The second-order valence-electron chi connectivity index (χ2n) is 3.98. The van der Waals surface area contributed by atoms with Crippen LogP contribution in [0, 0.1) is 0 Å². The number of carbonyl (C=O) groups is 1. The summed E-state index contributed by atoms with van der Waals surface area (Å²) < 4.78 is 1.69. The summed E-state index contributed by atoms with van der Waals surface area (Å²) in [6.07, 6.45) is 2.17. The van der Waals surface area contributed by atoms with Crippen LogP contribution in [0.3, 0.4) is 0 Å². The number of aromatic nitrogens is 2. The third-order valence-electron chi connectivity index (χ3n) is 2.62. The van der Waals surface area contributed by atoms with Crippen molar-refractivity contribution >= 4 is 5.78 Å². The average Bonchev–Trinajstić information content (AvgIpc) is 2.75. The first-order valence-corrected chi connectivity index (χ1v) is 5.50. The van der Waals surface area contributed by atoms with Gasteiger partial charge in [-0.05, 0) is 11.6 Å². The van der Waals surface area contributed by atoms with Gasteiger partial charge in [-0.1, -0.05) is 24.3 Å². The molecule has 4 nitrogen and oxygen atoms in total. The first-order valence-electron chi connectivity index (χ1n) is 5.50. The standard InChI is InChI=1S/C13H15N3O/c1-16-7-6-12(15-16)8-13(17)11-4-2-10(9-14)3-5-11/h2-7H,8-9,14H2,1H3. The van der Waals surface area contributed by atoms with E-state index in [1.807, 2.05) is 43.6 Å². The molecule has 0 radical (unpaired) electrons. The molecule has 0 fully saturated rings. The summed E-state index contributed by atoms with van der Waals surface area (Å²) in [6.45, 7) is 0.495. The zero-order valence-electron chi connectivity index (χ0n) is 9.76. The predicted molar refractivity (Wildman–Crippen MR) is 65.6 cm³/mol. The molecule has 0 aliphatic heterocycles. The highest BCUT2D eigenvalue weighted by molar-refractivity contribution is 5.97. The van der Waals surface area contributed by atoms with Gasteiger partial charge in [0.1, 0.15) is 0 Å². The summed E-state index contributed by atoms with van der Waals surface area (Å²) >= 11 is 0. The number of ketones is 1. The van der Waals surface area contributed by atoms with Crippen LogP contribution in [0.5, 0.6) is 0 Å². The number of rotatable bonds is 4. The summed E-state index contributed by atoms with van der Waals surface area (Å²) in [6, 6.07) is 9.24. The molecule has 2 N–H and O–H groups in total. The Labute approximate surface area is 100 Å². The molecule has 4 heteroatoms. The SMILES string of the molecule is Cn1ccc(CC(=O)c2ccc(CN)cc2)n1. The molecule has 0 bridgehead atoms. The van der Waals surface area contributed by atoms with E-state index in [0.717, 1.165) is 11.3 Å². The molecule has 1 aromatic carbocycles. The van der Waals surface area contributed by atoms with Crippen LogP contribution < -0.4 is 5.73 Å². The van der Waals surface area contributed by atoms with Crippen molar-refractivity contribution in [1.82, 2.24) is 9.78 Å². The van der Waals surface area contributed by atoms with Gasteiger partial charge in [0.25, 0.3) is 0 Å². The number of carbonyl (C=O) groups excluding carboxylic acids is 1. The average molecular weight is 229 g/mol. The van der Waals surface area contributed by atoms with Gasteiger partial charge in [-0.3, -0.25) is 9.48 Å². The van der Waals surface area contributed by atoms with Crippen LogP contribution in [0.1, 0.15) is 21.6 Å². The van der Waals surface area contributed by atoms with Gasteiger partial charge in [0, 0.05) is 25.4 Å². The van der Waals surface area contributed by atoms with Crippen LogP contribution in [0.4, 0.5) is 0 Å². The molecule has 0 aliphatic rings. The monoisotopic (exact) mass is 229 g/mol. The van der Waals surface area contributed by atoms with Crippen molar-refractivity contribution < 1.29 is 4.79 Å². The summed E-state index contributed by atoms with van der Waals surface area (Å²) in [5, 5.41) is 4.19. The highest BCUT2D eigenvalue weighted by Crippen LogP contribution is 2.08. The Bertz CT molecular complexity index is 514. The molecular weight excluding hydrogens is 214 g/mol. The molecule has 0 saturated carbocycles. The molecule has 0 unspecified atom stereocenters. The van der Waals surface area contributed by atoms with E-state index in [0.29, 0.717) is 18.5 Å². The van der Waals surface area contributed by atoms with E-state index in [-0.39, 0.29) is 5.78 Å². The van der Waals surface area contributed by atoms with Gasteiger partial charge in [0.05, 0.1) is 12.1 Å². The summed E-state index contributed by atoms with van der Waals surface area (Å²) in [4.78, 5) is 11.9. The van der Waals surface area contributed by atoms with Crippen molar-refractivity contribution in [3.63, 3.8) is 0 Å². The highest BCUT2D eigenvalue weighted by atomic mass is 16.1. The molecule has 2 aromatic rings. The Hall–Kier alpha value is -1.94. The van der Waals surface area contributed by atoms with E-state index < -0.39 is 0 Å². The lowest BCUT2D eigenvalue weighted by Crippen LogP contribution is -2.05. The van der Waals surface area contributed by atoms with Gasteiger partial charge in [-0.15, -0.1) is 0 Å². The van der Waals surface area contributed by atoms with Crippen LogP contribution in [0.2, 0.25) is 0 Å². The van der Waals surface area contributed by atoms with Gasteiger partial charge in [-0.2, -0.15) is 5.10 Å². The van der Waals surface area contributed by atoms with Crippen LogP contribution >= 0.6 is 0 Å². The Morgan fingerprint density at radius 1 is 1.29 bits per heavy atom. The Morgan fingerprint density at radius 3 is 2.53 bits per heavy atom. The van der Waals surface area contributed by atoms with E-state index in [4.69, 9.17) is 5.73 Å². The number of hydrogen-bond acceptors (Lipinski definition) is 3. The maximum Gasteiger partial charge on any atom is 0.168 e. The van der Waals surface area contributed by atoms with E-state index in [2.05, 4.69) is 5.10 Å². The zero-order chi connectivity index (χ0) is 12.3. The second-order valence-corrected chi connectivity index (χ2v) is 3.98. The molecule has 1 aromatic heterocycles. The Balaban J connectivity index is 2.09. The Kier molecular flexibility index (Phi) is 3.35. The maximum atomic E-state index is 11.9. The number of aryl methyl sites for hydroxylation is 1. The van der Waals surface area contributed by atoms with Crippen LogP contribution in [0.15, 0.2) is 36.5 Å². The first kappa shape index (κ1) is 11.5. The number of nitrogens with zero attached hydrogens (tertiary/aromatic N) is 2. The van der Waals surface area contributed by atoms with E-state index in [1.54, 1.807) is 4.68 Å². The van der Waals surface area contributed by atoms with Crippen molar-refractivity contribution in [2.24, 2.45) is 12.8 Å².